The Morgan fingerprint density at radius 1 is 1.21 bits per heavy atom. The van der Waals surface area contributed by atoms with Crippen LogP contribution in [0, 0.1) is 0 Å². The molecule has 0 bridgehead atoms. The average Bonchev–Trinajstić information content (AvgIpc) is 3.18. The number of hydrogen-bond donors (Lipinski definition) is 0. The molecule has 3 heterocycles. The molecule has 8 nitrogen and oxygen atoms in total. The normalized spacial score (nSPS) is 11.4. The highest BCUT2D eigenvalue weighted by Crippen LogP contribution is 2.14. The maximum Gasteiger partial charge on any atom is 0.285 e. The molecule has 8 heteroatoms. The van der Waals surface area contributed by atoms with E-state index < -0.39 is 11.5 Å². The molecule has 1 aromatic carbocycles. The van der Waals surface area contributed by atoms with E-state index in [2.05, 4.69) is 9.97 Å². The van der Waals surface area contributed by atoms with E-state index >= 15 is 0 Å². The number of carboxylic acids is 1. The van der Waals surface area contributed by atoms with Crippen molar-refractivity contribution in [2.75, 3.05) is 0 Å². The van der Waals surface area contributed by atoms with Crippen molar-refractivity contribution in [3.63, 3.8) is 0 Å². The Morgan fingerprint density at radius 2 is 1.96 bits per heavy atom. The van der Waals surface area contributed by atoms with Crippen molar-refractivity contribution >= 4 is 22.9 Å². The van der Waals surface area contributed by atoms with Crippen molar-refractivity contribution in [3.8, 4) is 0 Å². The lowest BCUT2D eigenvalue weighted by molar-refractivity contribution is -0.255. The number of carbonyl (C=O) groups is 1. The van der Waals surface area contributed by atoms with Crippen LogP contribution >= 0.6 is 0 Å². The molecule has 0 saturated carbocycles. The van der Waals surface area contributed by atoms with Gasteiger partial charge in [0.1, 0.15) is 0 Å². The van der Waals surface area contributed by atoms with E-state index in [0.717, 1.165) is 16.2 Å². The van der Waals surface area contributed by atoms with Crippen LogP contribution in [0.3, 0.4) is 0 Å². The fourth-order valence-corrected chi connectivity index (χ4v) is 2.86. The maximum absolute atomic E-state index is 12.9. The summed E-state index contributed by atoms with van der Waals surface area (Å²) < 4.78 is 4.33. The van der Waals surface area contributed by atoms with Gasteiger partial charge in [-0.15, -0.1) is 0 Å². The lowest BCUT2D eigenvalue weighted by Gasteiger charge is -2.08. The standard InChI is InChI=1S/C16H13N5O3/c1-19-13-12(14(22)21-11(15(23)24)7-17-16(19)21)20(9-18-13)8-10-5-3-2-4-6-10/h2-7,9H,8H2,1H3,(H,23,24)/p-1. The largest absolute Gasteiger partial charge is 0.543 e. The third-order valence-corrected chi connectivity index (χ3v) is 3.99. The number of aromatic carboxylic acids is 1. The van der Waals surface area contributed by atoms with E-state index in [1.165, 1.54) is 0 Å². The molecule has 0 saturated heterocycles. The van der Waals surface area contributed by atoms with Gasteiger partial charge >= 0.3 is 0 Å². The summed E-state index contributed by atoms with van der Waals surface area (Å²) in [5.41, 5.74) is 1.00. The minimum atomic E-state index is -1.45. The number of fused-ring (bicyclic) bond motifs is 2. The van der Waals surface area contributed by atoms with Gasteiger partial charge in [-0.1, -0.05) is 30.3 Å². The zero-order chi connectivity index (χ0) is 16.8. The summed E-state index contributed by atoms with van der Waals surface area (Å²) in [6, 6.07) is 9.62. The summed E-state index contributed by atoms with van der Waals surface area (Å²) in [5.74, 6) is -1.25. The molecule has 4 aromatic rings. The molecule has 0 unspecified atom stereocenters. The molecule has 0 aliphatic rings. The number of carboxylic acid groups (broad SMARTS) is 1. The van der Waals surface area contributed by atoms with Gasteiger partial charge in [-0.3, -0.25) is 9.36 Å². The van der Waals surface area contributed by atoms with Gasteiger partial charge in [0.05, 0.1) is 24.2 Å². The Hall–Kier alpha value is -3.42. The van der Waals surface area contributed by atoms with Gasteiger partial charge < -0.3 is 14.5 Å². The second-order valence-corrected chi connectivity index (χ2v) is 5.46. The van der Waals surface area contributed by atoms with Crippen LogP contribution in [0.2, 0.25) is 0 Å². The lowest BCUT2D eigenvalue weighted by atomic mass is 10.2. The number of aromatic nitrogens is 5. The van der Waals surface area contributed by atoms with E-state index in [0.29, 0.717) is 17.7 Å². The number of nitrogens with zero attached hydrogens (tertiary/aromatic N) is 5. The topological polar surface area (TPSA) is 97.2 Å². The van der Waals surface area contributed by atoms with Gasteiger partial charge in [0.25, 0.3) is 5.56 Å². The van der Waals surface area contributed by atoms with Crippen molar-refractivity contribution in [1.29, 1.82) is 0 Å². The lowest BCUT2D eigenvalue weighted by Crippen LogP contribution is -2.29. The van der Waals surface area contributed by atoms with Crippen molar-refractivity contribution in [3.05, 3.63) is 64.5 Å². The zero-order valence-electron chi connectivity index (χ0n) is 12.7. The Bertz CT molecular complexity index is 1140. The smallest absolute Gasteiger partial charge is 0.285 e. The van der Waals surface area contributed by atoms with Crippen molar-refractivity contribution < 1.29 is 9.90 Å². The predicted molar refractivity (Wildman–Crippen MR) is 83.6 cm³/mol. The highest BCUT2D eigenvalue weighted by molar-refractivity contribution is 5.85. The van der Waals surface area contributed by atoms with E-state index in [1.807, 2.05) is 30.3 Å². The van der Waals surface area contributed by atoms with Crippen LogP contribution in [0.5, 0.6) is 0 Å². The first-order valence-corrected chi connectivity index (χ1v) is 7.24. The number of hydrogen-bond acceptors (Lipinski definition) is 5. The van der Waals surface area contributed by atoms with E-state index in [-0.39, 0.29) is 11.5 Å². The second kappa shape index (κ2) is 5.05. The molecule has 0 fully saturated rings. The summed E-state index contributed by atoms with van der Waals surface area (Å²) in [6.45, 7) is 0.452. The minimum absolute atomic E-state index is 0.205. The van der Waals surface area contributed by atoms with Gasteiger partial charge in [0.15, 0.2) is 11.2 Å². The number of benzene rings is 1. The van der Waals surface area contributed by atoms with Gasteiger partial charge in [-0.2, -0.15) is 0 Å². The molecule has 3 aromatic heterocycles. The maximum atomic E-state index is 12.9. The van der Waals surface area contributed by atoms with Crippen LogP contribution in [-0.4, -0.2) is 29.5 Å². The van der Waals surface area contributed by atoms with E-state index in [1.54, 1.807) is 22.5 Å². The third kappa shape index (κ3) is 1.93. The van der Waals surface area contributed by atoms with E-state index in [4.69, 9.17) is 0 Å². The summed E-state index contributed by atoms with van der Waals surface area (Å²) in [7, 11) is 1.68. The monoisotopic (exact) mass is 322 g/mol. The molecular formula is C16H12N5O3-. The molecule has 0 aliphatic heterocycles. The first-order chi connectivity index (χ1) is 11.6. The molecule has 120 valence electrons. The molecule has 0 N–H and O–H groups in total. The van der Waals surface area contributed by atoms with Crippen molar-refractivity contribution in [2.24, 2.45) is 7.05 Å². The Labute approximate surface area is 135 Å². The predicted octanol–water partition coefficient (Wildman–Crippen LogP) is -0.206. The molecule has 0 atom stereocenters. The van der Waals surface area contributed by atoms with Crippen LogP contribution < -0.4 is 10.7 Å². The summed E-state index contributed by atoms with van der Waals surface area (Å²) in [4.78, 5) is 32.4. The van der Waals surface area contributed by atoms with Gasteiger partial charge in [-0.05, 0) is 5.56 Å². The summed E-state index contributed by atoms with van der Waals surface area (Å²) in [5, 5.41) is 11.2. The highest BCUT2D eigenvalue weighted by atomic mass is 16.4. The number of imidazole rings is 2. The second-order valence-electron chi connectivity index (χ2n) is 5.46. The van der Waals surface area contributed by atoms with Crippen molar-refractivity contribution in [2.45, 2.75) is 6.54 Å². The molecule has 0 radical (unpaired) electrons. The Balaban J connectivity index is 2.03. The van der Waals surface area contributed by atoms with Gasteiger partial charge in [-0.25, -0.2) is 14.4 Å². The fraction of sp³-hybridized carbons (Fsp3) is 0.125. The van der Waals surface area contributed by atoms with Crippen LogP contribution in [-0.2, 0) is 13.6 Å². The molecule has 24 heavy (non-hydrogen) atoms. The number of carbonyl (C=O) groups excluding carboxylic acids is 1. The van der Waals surface area contributed by atoms with Crippen LogP contribution in [0.25, 0.3) is 16.9 Å². The van der Waals surface area contributed by atoms with Crippen LogP contribution in [0.1, 0.15) is 16.1 Å². The minimum Gasteiger partial charge on any atom is -0.543 e. The quantitative estimate of drug-likeness (QED) is 0.520. The summed E-state index contributed by atoms with van der Waals surface area (Å²) >= 11 is 0. The van der Waals surface area contributed by atoms with Crippen LogP contribution in [0.4, 0.5) is 0 Å². The first kappa shape index (κ1) is 14.2. The Morgan fingerprint density at radius 3 is 2.67 bits per heavy atom. The highest BCUT2D eigenvalue weighted by Gasteiger charge is 2.18. The fourth-order valence-electron chi connectivity index (χ4n) is 2.86. The van der Waals surface area contributed by atoms with Crippen LogP contribution in [0.15, 0.2) is 47.7 Å². The first-order valence-electron chi connectivity index (χ1n) is 7.24. The third-order valence-electron chi connectivity index (χ3n) is 3.99. The Kier molecular flexibility index (Phi) is 2.99. The molecular weight excluding hydrogens is 310 g/mol. The van der Waals surface area contributed by atoms with E-state index in [9.17, 15) is 14.7 Å². The van der Waals surface area contributed by atoms with Gasteiger partial charge in [0, 0.05) is 13.6 Å². The zero-order valence-corrected chi connectivity index (χ0v) is 12.7. The van der Waals surface area contributed by atoms with Gasteiger partial charge in [0.2, 0.25) is 5.78 Å². The molecule has 0 spiro atoms. The number of aryl methyl sites for hydroxylation is 1. The summed E-state index contributed by atoms with van der Waals surface area (Å²) in [6.07, 6.45) is 2.68. The SMILES string of the molecule is Cn1c2ncn(Cc3ccccc3)c2c(=O)n2c(C(=O)[O-])cnc12. The van der Waals surface area contributed by atoms with Crippen molar-refractivity contribution in [1.82, 2.24) is 23.5 Å². The average molecular weight is 322 g/mol. The molecule has 4 rings (SSSR count). The molecule has 0 aliphatic carbocycles. The molecule has 0 amide bonds. The number of rotatable bonds is 3.